The normalized spacial score (nSPS) is 11.2. The maximum Gasteiger partial charge on any atom is 0.129 e. The zero-order valence-electron chi connectivity index (χ0n) is 21.0. The van der Waals surface area contributed by atoms with Crippen molar-refractivity contribution in [2.24, 2.45) is 0 Å². The van der Waals surface area contributed by atoms with Crippen molar-refractivity contribution < 1.29 is 4.39 Å². The smallest absolute Gasteiger partial charge is 0.129 e. The molecule has 0 amide bonds. The number of anilines is 3. The third kappa shape index (κ3) is 5.16. The molecule has 0 saturated heterocycles. The fraction of sp³-hybridized carbons (Fsp3) is 0.379. The molecule has 0 aliphatic heterocycles. The fourth-order valence-corrected chi connectivity index (χ4v) is 4.82. The summed E-state index contributed by atoms with van der Waals surface area (Å²) < 4.78 is 15.3. The monoisotopic (exact) mass is 447 g/mol. The molecule has 0 spiro atoms. The molecule has 3 rings (SSSR count). The van der Waals surface area contributed by atoms with Crippen molar-refractivity contribution in [1.29, 1.82) is 0 Å². The van der Waals surface area contributed by atoms with E-state index in [0.717, 1.165) is 48.4 Å². The number of hydrogen-bond acceptors (Lipinski definition) is 3. The second-order valence-electron chi connectivity index (χ2n) is 8.64. The van der Waals surface area contributed by atoms with Crippen LogP contribution in [0.5, 0.6) is 0 Å². The van der Waals surface area contributed by atoms with Crippen LogP contribution >= 0.6 is 0 Å². The molecule has 0 aliphatic rings. The van der Waals surface area contributed by atoms with Gasteiger partial charge in [-0.2, -0.15) is 0 Å². The van der Waals surface area contributed by atoms with Gasteiger partial charge < -0.3 is 15.5 Å². The van der Waals surface area contributed by atoms with Gasteiger partial charge in [0.05, 0.1) is 0 Å². The van der Waals surface area contributed by atoms with Gasteiger partial charge in [0.1, 0.15) is 5.82 Å². The minimum Gasteiger partial charge on any atom is -0.399 e. The molecule has 3 aromatic carbocycles. The van der Waals surface area contributed by atoms with Gasteiger partial charge in [-0.05, 0) is 106 Å². The maximum atomic E-state index is 15.3. The molecule has 0 bridgehead atoms. The zero-order chi connectivity index (χ0) is 24.1. The lowest BCUT2D eigenvalue weighted by Gasteiger charge is -2.27. The number of nitrogen functional groups attached to an aromatic ring is 1. The molecule has 0 aliphatic carbocycles. The molecule has 3 nitrogen and oxygen atoms in total. The van der Waals surface area contributed by atoms with Crippen molar-refractivity contribution in [3.63, 3.8) is 0 Å². The molecule has 0 radical (unpaired) electrons. The highest BCUT2D eigenvalue weighted by atomic mass is 19.1. The third-order valence-electron chi connectivity index (χ3n) is 6.72. The lowest BCUT2D eigenvalue weighted by atomic mass is 9.80. The summed E-state index contributed by atoms with van der Waals surface area (Å²) in [7, 11) is 0. The average Bonchev–Trinajstić information content (AvgIpc) is 2.79. The van der Waals surface area contributed by atoms with E-state index in [2.05, 4.69) is 87.7 Å². The first-order valence-electron chi connectivity index (χ1n) is 12.1. The standard InChI is InChI=1S/C29H38FN3/c1-7-32(8-2)23-12-15-25(20(5)17-23)29(27-14-11-22(31)19-28(27)30)26-16-13-24(18-21(26)6)33(9-3)10-4/h11-19,29H,7-10,31H2,1-6H3. The van der Waals surface area contributed by atoms with E-state index in [-0.39, 0.29) is 11.7 Å². The molecule has 0 saturated carbocycles. The number of rotatable bonds is 9. The minimum atomic E-state index is -0.264. The summed E-state index contributed by atoms with van der Waals surface area (Å²) in [6.07, 6.45) is 0. The summed E-state index contributed by atoms with van der Waals surface area (Å²) >= 11 is 0. The quantitative estimate of drug-likeness (QED) is 0.286. The van der Waals surface area contributed by atoms with Gasteiger partial charge in [0.15, 0.2) is 0 Å². The lowest BCUT2D eigenvalue weighted by Crippen LogP contribution is -2.22. The van der Waals surface area contributed by atoms with Crippen LogP contribution in [0.4, 0.5) is 21.5 Å². The van der Waals surface area contributed by atoms with Crippen LogP contribution in [-0.2, 0) is 0 Å². The highest BCUT2D eigenvalue weighted by molar-refractivity contribution is 5.59. The third-order valence-corrected chi connectivity index (χ3v) is 6.72. The first-order chi connectivity index (χ1) is 15.8. The van der Waals surface area contributed by atoms with Gasteiger partial charge in [-0.3, -0.25) is 0 Å². The summed E-state index contributed by atoms with van der Waals surface area (Å²) in [6, 6.07) is 18.2. The van der Waals surface area contributed by atoms with E-state index in [1.165, 1.54) is 17.4 Å². The van der Waals surface area contributed by atoms with Crippen molar-refractivity contribution >= 4 is 17.1 Å². The summed E-state index contributed by atoms with van der Waals surface area (Å²) in [6.45, 7) is 16.7. The Hall–Kier alpha value is -3.01. The number of hydrogen-bond donors (Lipinski definition) is 1. The Kier molecular flexibility index (Phi) is 8.01. The fourth-order valence-electron chi connectivity index (χ4n) is 4.82. The van der Waals surface area contributed by atoms with E-state index in [1.54, 1.807) is 6.07 Å². The Bertz CT molecular complexity index is 1020. The Balaban J connectivity index is 2.18. The Morgan fingerprint density at radius 1 is 0.667 bits per heavy atom. The minimum absolute atomic E-state index is 0.206. The van der Waals surface area contributed by atoms with Crippen LogP contribution in [0.15, 0.2) is 54.6 Å². The Morgan fingerprint density at radius 2 is 1.09 bits per heavy atom. The van der Waals surface area contributed by atoms with E-state index in [4.69, 9.17) is 5.73 Å². The molecular formula is C29H38FN3. The van der Waals surface area contributed by atoms with Crippen LogP contribution in [0, 0.1) is 19.7 Å². The second kappa shape index (κ2) is 10.7. The van der Waals surface area contributed by atoms with Crippen LogP contribution in [0.25, 0.3) is 0 Å². The van der Waals surface area contributed by atoms with Gasteiger partial charge in [0, 0.05) is 49.2 Å². The van der Waals surface area contributed by atoms with E-state index in [9.17, 15) is 0 Å². The van der Waals surface area contributed by atoms with Crippen LogP contribution in [-0.4, -0.2) is 26.2 Å². The predicted octanol–water partition coefficient (Wildman–Crippen LogP) is 6.90. The topological polar surface area (TPSA) is 32.5 Å². The number of aryl methyl sites for hydroxylation is 2. The van der Waals surface area contributed by atoms with Gasteiger partial charge in [-0.1, -0.05) is 18.2 Å². The van der Waals surface area contributed by atoms with Crippen molar-refractivity contribution in [1.82, 2.24) is 0 Å². The summed E-state index contributed by atoms with van der Waals surface area (Å²) in [4.78, 5) is 4.67. The average molecular weight is 448 g/mol. The summed E-state index contributed by atoms with van der Waals surface area (Å²) in [5, 5.41) is 0. The molecule has 4 heteroatoms. The Labute approximate surface area is 199 Å². The summed E-state index contributed by atoms with van der Waals surface area (Å²) in [5.41, 5.74) is 13.9. The summed E-state index contributed by atoms with van der Waals surface area (Å²) in [5.74, 6) is -0.471. The van der Waals surface area contributed by atoms with Crippen molar-refractivity contribution in [2.75, 3.05) is 41.7 Å². The molecule has 0 atom stereocenters. The lowest BCUT2D eigenvalue weighted by molar-refractivity contribution is 0.607. The van der Waals surface area contributed by atoms with Crippen molar-refractivity contribution in [2.45, 2.75) is 47.5 Å². The molecule has 0 fully saturated rings. The van der Waals surface area contributed by atoms with Gasteiger partial charge in [-0.25, -0.2) is 4.39 Å². The number of halogens is 1. The van der Waals surface area contributed by atoms with Crippen molar-refractivity contribution in [3.8, 4) is 0 Å². The largest absolute Gasteiger partial charge is 0.399 e. The van der Waals surface area contributed by atoms with Crippen molar-refractivity contribution in [3.05, 3.63) is 88.2 Å². The highest BCUT2D eigenvalue weighted by Crippen LogP contribution is 2.39. The Morgan fingerprint density at radius 3 is 1.45 bits per heavy atom. The SMILES string of the molecule is CCN(CC)c1ccc(C(c2ccc(N(CC)CC)cc2C)c2ccc(N)cc2F)c(C)c1. The van der Waals surface area contributed by atoms with Crippen LogP contribution in [0.3, 0.4) is 0 Å². The van der Waals surface area contributed by atoms with Crippen LogP contribution < -0.4 is 15.5 Å². The van der Waals surface area contributed by atoms with Crippen LogP contribution in [0.1, 0.15) is 61.4 Å². The van der Waals surface area contributed by atoms with Gasteiger partial charge in [-0.15, -0.1) is 0 Å². The van der Waals surface area contributed by atoms with Gasteiger partial charge in [0.2, 0.25) is 0 Å². The van der Waals surface area contributed by atoms with Gasteiger partial charge in [0.25, 0.3) is 0 Å². The number of nitrogens with zero attached hydrogens (tertiary/aromatic N) is 2. The van der Waals surface area contributed by atoms with E-state index in [1.807, 2.05) is 6.07 Å². The molecule has 2 N–H and O–H groups in total. The van der Waals surface area contributed by atoms with E-state index >= 15 is 4.39 Å². The second-order valence-corrected chi connectivity index (χ2v) is 8.64. The first kappa shape index (κ1) is 24.6. The van der Waals surface area contributed by atoms with E-state index in [0.29, 0.717) is 11.3 Å². The molecule has 176 valence electrons. The highest BCUT2D eigenvalue weighted by Gasteiger charge is 2.24. The first-order valence-corrected chi connectivity index (χ1v) is 12.1. The molecular weight excluding hydrogens is 409 g/mol. The van der Waals surface area contributed by atoms with Gasteiger partial charge >= 0.3 is 0 Å². The molecule has 0 heterocycles. The predicted molar refractivity (Wildman–Crippen MR) is 141 cm³/mol. The number of nitrogens with two attached hydrogens (primary N) is 1. The molecule has 33 heavy (non-hydrogen) atoms. The number of benzene rings is 3. The molecule has 3 aromatic rings. The maximum absolute atomic E-state index is 15.3. The van der Waals surface area contributed by atoms with E-state index < -0.39 is 0 Å². The molecule has 0 unspecified atom stereocenters. The molecule has 0 aromatic heterocycles. The van der Waals surface area contributed by atoms with Crippen LogP contribution in [0.2, 0.25) is 0 Å². The zero-order valence-corrected chi connectivity index (χ0v) is 21.0.